The zero-order valence-electron chi connectivity index (χ0n) is 5.98. The van der Waals surface area contributed by atoms with Crippen LogP contribution in [0.1, 0.15) is 19.8 Å². The van der Waals surface area contributed by atoms with E-state index < -0.39 is 12.0 Å². The Morgan fingerprint density at radius 2 is 2.10 bits per heavy atom. The van der Waals surface area contributed by atoms with Crippen LogP contribution in [0, 0.1) is 0 Å². The van der Waals surface area contributed by atoms with Crippen molar-refractivity contribution >= 4 is 0 Å². The summed E-state index contributed by atoms with van der Waals surface area (Å²) in [5, 5.41) is 8.36. The van der Waals surface area contributed by atoms with Gasteiger partial charge in [0, 0.05) is 12.5 Å². The first kappa shape index (κ1) is 9.78. The average molecular weight is 153 g/mol. The molecule has 0 aromatic heterocycles. The topological polar surface area (TPSA) is 46.2 Å². The monoisotopic (exact) mass is 153 g/mol. The standard InChI is InChI=1S/C6H13F2NO/c1-6(7,8)3-2-5(9)4-10/h5,10H,2-4,9H2,1H3. The molecule has 4 heteroatoms. The molecule has 1 atom stereocenters. The van der Waals surface area contributed by atoms with Crippen LogP contribution in [-0.4, -0.2) is 23.7 Å². The fourth-order valence-corrected chi connectivity index (χ4v) is 0.530. The largest absolute Gasteiger partial charge is 0.395 e. The van der Waals surface area contributed by atoms with Gasteiger partial charge in [0.2, 0.25) is 5.92 Å². The van der Waals surface area contributed by atoms with Crippen LogP contribution in [0.2, 0.25) is 0 Å². The fraction of sp³-hybridized carbons (Fsp3) is 1.00. The van der Waals surface area contributed by atoms with Crippen molar-refractivity contribution in [3.8, 4) is 0 Å². The van der Waals surface area contributed by atoms with E-state index in [9.17, 15) is 8.78 Å². The molecule has 0 saturated carbocycles. The Kier molecular flexibility index (Phi) is 3.75. The van der Waals surface area contributed by atoms with Crippen molar-refractivity contribution in [2.75, 3.05) is 6.61 Å². The maximum atomic E-state index is 12.1. The number of hydrogen-bond donors (Lipinski definition) is 2. The van der Waals surface area contributed by atoms with Gasteiger partial charge >= 0.3 is 0 Å². The van der Waals surface area contributed by atoms with Crippen LogP contribution in [-0.2, 0) is 0 Å². The summed E-state index contributed by atoms with van der Waals surface area (Å²) in [5.74, 6) is -2.66. The van der Waals surface area contributed by atoms with Crippen molar-refractivity contribution in [3.05, 3.63) is 0 Å². The Morgan fingerprint density at radius 1 is 1.60 bits per heavy atom. The van der Waals surface area contributed by atoms with Crippen molar-refractivity contribution in [1.82, 2.24) is 0 Å². The van der Waals surface area contributed by atoms with Crippen molar-refractivity contribution in [2.24, 2.45) is 5.73 Å². The molecular formula is C6H13F2NO. The van der Waals surface area contributed by atoms with Crippen molar-refractivity contribution in [3.63, 3.8) is 0 Å². The van der Waals surface area contributed by atoms with Gasteiger partial charge < -0.3 is 10.8 Å². The number of hydrogen-bond acceptors (Lipinski definition) is 2. The molecule has 0 radical (unpaired) electrons. The number of aliphatic hydroxyl groups is 1. The van der Waals surface area contributed by atoms with Gasteiger partial charge in [0.05, 0.1) is 6.61 Å². The molecule has 0 aliphatic carbocycles. The third-order valence-electron chi connectivity index (χ3n) is 1.19. The number of aliphatic hydroxyl groups excluding tert-OH is 1. The molecule has 0 aromatic carbocycles. The van der Waals surface area contributed by atoms with Crippen LogP contribution in [0.4, 0.5) is 8.78 Å². The molecule has 0 heterocycles. The molecule has 0 fully saturated rings. The molecule has 3 N–H and O–H groups in total. The van der Waals surface area contributed by atoms with Crippen LogP contribution >= 0.6 is 0 Å². The lowest BCUT2D eigenvalue weighted by Crippen LogP contribution is -2.26. The lowest BCUT2D eigenvalue weighted by molar-refractivity contribution is 0.00789. The smallest absolute Gasteiger partial charge is 0.245 e. The maximum Gasteiger partial charge on any atom is 0.245 e. The first-order valence-electron chi connectivity index (χ1n) is 3.20. The molecule has 10 heavy (non-hydrogen) atoms. The molecule has 1 unspecified atom stereocenters. The van der Waals surface area contributed by atoms with Crippen LogP contribution in [0.25, 0.3) is 0 Å². The predicted octanol–water partition coefficient (Wildman–Crippen LogP) is 0.741. The summed E-state index contributed by atoms with van der Waals surface area (Å²) >= 11 is 0. The van der Waals surface area contributed by atoms with E-state index in [-0.39, 0.29) is 19.4 Å². The molecule has 0 bridgehead atoms. The molecular weight excluding hydrogens is 140 g/mol. The number of halogens is 2. The third kappa shape index (κ3) is 5.91. The molecule has 0 rings (SSSR count). The molecule has 0 amide bonds. The lowest BCUT2D eigenvalue weighted by Gasteiger charge is -2.12. The molecule has 2 nitrogen and oxygen atoms in total. The maximum absolute atomic E-state index is 12.1. The van der Waals surface area contributed by atoms with Gasteiger partial charge in [0.15, 0.2) is 0 Å². The highest BCUT2D eigenvalue weighted by atomic mass is 19.3. The van der Waals surface area contributed by atoms with Gasteiger partial charge in [-0.3, -0.25) is 0 Å². The predicted molar refractivity (Wildman–Crippen MR) is 34.9 cm³/mol. The Balaban J connectivity index is 3.36. The van der Waals surface area contributed by atoms with Gasteiger partial charge in [-0.05, 0) is 13.3 Å². The van der Waals surface area contributed by atoms with E-state index in [2.05, 4.69) is 0 Å². The summed E-state index contributed by atoms with van der Waals surface area (Å²) in [6.45, 7) is 0.618. The van der Waals surface area contributed by atoms with Crippen LogP contribution in [0.5, 0.6) is 0 Å². The Bertz CT molecular complexity index is 92.2. The van der Waals surface area contributed by atoms with E-state index in [1.54, 1.807) is 0 Å². The Hall–Kier alpha value is -0.220. The van der Waals surface area contributed by atoms with E-state index in [1.165, 1.54) is 0 Å². The highest BCUT2D eigenvalue weighted by Crippen LogP contribution is 2.18. The molecule has 0 saturated heterocycles. The summed E-state index contributed by atoms with van der Waals surface area (Å²) in [6.07, 6.45) is -0.0886. The summed E-state index contributed by atoms with van der Waals surface area (Å²) < 4.78 is 24.2. The van der Waals surface area contributed by atoms with E-state index in [0.717, 1.165) is 6.92 Å². The second-order valence-corrected chi connectivity index (χ2v) is 2.55. The van der Waals surface area contributed by atoms with Crippen molar-refractivity contribution in [1.29, 1.82) is 0 Å². The Morgan fingerprint density at radius 3 is 2.40 bits per heavy atom. The summed E-state index contributed by atoms with van der Waals surface area (Å²) in [5.41, 5.74) is 5.20. The fourth-order valence-electron chi connectivity index (χ4n) is 0.530. The normalized spacial score (nSPS) is 15.3. The first-order valence-corrected chi connectivity index (χ1v) is 3.20. The van der Waals surface area contributed by atoms with Crippen molar-refractivity contribution < 1.29 is 13.9 Å². The first-order chi connectivity index (χ1) is 4.45. The van der Waals surface area contributed by atoms with E-state index in [4.69, 9.17) is 10.8 Å². The number of nitrogens with two attached hydrogens (primary N) is 1. The van der Waals surface area contributed by atoms with Gasteiger partial charge in [-0.15, -0.1) is 0 Å². The Labute approximate surface area is 59.0 Å². The number of rotatable bonds is 4. The zero-order chi connectivity index (χ0) is 8.20. The van der Waals surface area contributed by atoms with Crippen LogP contribution in [0.3, 0.4) is 0 Å². The number of alkyl halides is 2. The summed E-state index contributed by atoms with van der Waals surface area (Å²) in [4.78, 5) is 0. The quantitative estimate of drug-likeness (QED) is 0.625. The summed E-state index contributed by atoms with van der Waals surface area (Å²) in [6, 6.07) is -0.508. The van der Waals surface area contributed by atoms with Gasteiger partial charge in [-0.25, -0.2) is 8.78 Å². The minimum absolute atomic E-state index is 0.167. The van der Waals surface area contributed by atoms with Gasteiger partial charge in [0.25, 0.3) is 0 Å². The molecule has 0 aromatic rings. The van der Waals surface area contributed by atoms with Crippen molar-refractivity contribution in [2.45, 2.75) is 31.7 Å². The zero-order valence-corrected chi connectivity index (χ0v) is 5.98. The highest BCUT2D eigenvalue weighted by Gasteiger charge is 2.21. The second-order valence-electron chi connectivity index (χ2n) is 2.55. The van der Waals surface area contributed by atoms with Crippen LogP contribution in [0.15, 0.2) is 0 Å². The molecule has 0 aliphatic heterocycles. The van der Waals surface area contributed by atoms with E-state index >= 15 is 0 Å². The molecule has 0 spiro atoms. The second kappa shape index (κ2) is 3.83. The van der Waals surface area contributed by atoms with Gasteiger partial charge in [0.1, 0.15) is 0 Å². The minimum atomic E-state index is -2.66. The molecule has 0 aliphatic rings. The van der Waals surface area contributed by atoms with Crippen LogP contribution < -0.4 is 5.73 Å². The SMILES string of the molecule is CC(F)(F)CCC(N)CO. The average Bonchev–Trinajstić information content (AvgIpc) is 1.81. The van der Waals surface area contributed by atoms with Gasteiger partial charge in [-0.2, -0.15) is 0 Å². The van der Waals surface area contributed by atoms with E-state index in [0.29, 0.717) is 0 Å². The highest BCUT2D eigenvalue weighted by molar-refractivity contribution is 4.65. The molecule has 62 valence electrons. The minimum Gasteiger partial charge on any atom is -0.395 e. The van der Waals surface area contributed by atoms with E-state index in [1.807, 2.05) is 0 Å². The third-order valence-corrected chi connectivity index (χ3v) is 1.19. The van der Waals surface area contributed by atoms with Gasteiger partial charge in [-0.1, -0.05) is 0 Å². The summed E-state index contributed by atoms with van der Waals surface area (Å²) in [7, 11) is 0. The lowest BCUT2D eigenvalue weighted by atomic mass is 10.1.